The van der Waals surface area contributed by atoms with Crippen LogP contribution in [0.25, 0.3) is 10.2 Å². The molecule has 5 nitrogen and oxygen atoms in total. The van der Waals surface area contributed by atoms with Gasteiger partial charge in [-0.25, -0.2) is 4.98 Å². The van der Waals surface area contributed by atoms with E-state index in [2.05, 4.69) is 34.5 Å². The number of thioether (sulfide) groups is 1. The van der Waals surface area contributed by atoms with Crippen molar-refractivity contribution in [2.24, 2.45) is 0 Å². The normalized spacial score (nSPS) is 25.7. The predicted octanol–water partition coefficient (Wildman–Crippen LogP) is 3.58. The maximum Gasteiger partial charge on any atom is 0.240 e. The van der Waals surface area contributed by atoms with Crippen LogP contribution in [0.1, 0.15) is 30.2 Å². The number of aromatic nitrogens is 1. The topological polar surface area (TPSA) is 48.5 Å². The molecule has 3 saturated heterocycles. The van der Waals surface area contributed by atoms with E-state index in [4.69, 9.17) is 4.98 Å². The molecular formula is C20H28Cl2N4OS2. The Morgan fingerprint density at radius 2 is 1.93 bits per heavy atom. The lowest BCUT2D eigenvalue weighted by molar-refractivity contribution is -0.131. The third-order valence-corrected chi connectivity index (χ3v) is 8.34. The molecular weight excluding hydrogens is 447 g/mol. The van der Waals surface area contributed by atoms with Crippen LogP contribution < -0.4 is 5.32 Å². The van der Waals surface area contributed by atoms with Gasteiger partial charge in [-0.2, -0.15) is 0 Å². The molecule has 1 aromatic heterocycles. The highest BCUT2D eigenvalue weighted by molar-refractivity contribution is 7.99. The van der Waals surface area contributed by atoms with Crippen molar-refractivity contribution in [3.05, 3.63) is 29.3 Å². The van der Waals surface area contributed by atoms with Crippen LogP contribution in [0.15, 0.2) is 24.3 Å². The molecule has 0 unspecified atom stereocenters. The summed E-state index contributed by atoms with van der Waals surface area (Å²) in [7, 11) is 0. The summed E-state index contributed by atoms with van der Waals surface area (Å²) in [5.41, 5.74) is 1.14. The Morgan fingerprint density at radius 3 is 2.66 bits per heavy atom. The summed E-state index contributed by atoms with van der Waals surface area (Å²) in [6.07, 6.45) is 3.32. The Bertz CT molecular complexity index is 789. The highest BCUT2D eigenvalue weighted by Crippen LogP contribution is 2.35. The lowest BCUT2D eigenvalue weighted by Gasteiger charge is -2.35. The quantitative estimate of drug-likeness (QED) is 0.736. The van der Waals surface area contributed by atoms with Gasteiger partial charge in [-0.1, -0.05) is 12.1 Å². The number of halogens is 2. The molecule has 29 heavy (non-hydrogen) atoms. The molecule has 9 heteroatoms. The summed E-state index contributed by atoms with van der Waals surface area (Å²) in [6.45, 7) is 4.10. The number of piperidine rings is 1. The lowest BCUT2D eigenvalue weighted by atomic mass is 9.95. The molecule has 1 amide bonds. The number of rotatable bonds is 3. The predicted molar refractivity (Wildman–Crippen MR) is 127 cm³/mol. The molecule has 160 valence electrons. The van der Waals surface area contributed by atoms with E-state index in [-0.39, 0.29) is 30.9 Å². The summed E-state index contributed by atoms with van der Waals surface area (Å²) in [5.74, 6) is 2.86. The average Bonchev–Trinajstić information content (AvgIpc) is 3.48. The van der Waals surface area contributed by atoms with Crippen LogP contribution in [-0.2, 0) is 4.79 Å². The van der Waals surface area contributed by atoms with Crippen molar-refractivity contribution in [1.29, 1.82) is 0 Å². The number of para-hydroxylation sites is 1. The molecule has 1 aromatic carbocycles. The monoisotopic (exact) mass is 474 g/mol. The molecule has 0 aliphatic carbocycles. The van der Waals surface area contributed by atoms with Crippen LogP contribution in [0, 0.1) is 0 Å². The van der Waals surface area contributed by atoms with Gasteiger partial charge in [0.05, 0.1) is 27.1 Å². The number of amides is 1. The average molecular weight is 476 g/mol. The number of fused-ring (bicyclic) bond motifs is 1. The highest BCUT2D eigenvalue weighted by atomic mass is 35.5. The largest absolute Gasteiger partial charge is 0.331 e. The number of nitrogens with zero attached hydrogens (tertiary/aromatic N) is 3. The van der Waals surface area contributed by atoms with Crippen LogP contribution in [0.5, 0.6) is 0 Å². The minimum Gasteiger partial charge on any atom is -0.331 e. The molecule has 0 radical (unpaired) electrons. The van der Waals surface area contributed by atoms with Crippen LogP contribution >= 0.6 is 47.9 Å². The van der Waals surface area contributed by atoms with E-state index < -0.39 is 0 Å². The fraction of sp³-hybridized carbons (Fsp3) is 0.600. The van der Waals surface area contributed by atoms with Crippen LogP contribution in [0.2, 0.25) is 0 Å². The smallest absolute Gasteiger partial charge is 0.240 e. The summed E-state index contributed by atoms with van der Waals surface area (Å²) in [4.78, 5) is 22.1. The summed E-state index contributed by atoms with van der Waals surface area (Å²) >= 11 is 3.72. The van der Waals surface area contributed by atoms with Gasteiger partial charge in [-0.05, 0) is 44.5 Å². The van der Waals surface area contributed by atoms with Crippen molar-refractivity contribution < 1.29 is 4.79 Å². The third-order valence-electron chi connectivity index (χ3n) is 6.18. The molecule has 4 heterocycles. The van der Waals surface area contributed by atoms with Gasteiger partial charge in [0.15, 0.2) is 0 Å². The van der Waals surface area contributed by atoms with Crippen molar-refractivity contribution in [2.45, 2.75) is 37.3 Å². The molecule has 0 spiro atoms. The van der Waals surface area contributed by atoms with Crippen LogP contribution in [0.3, 0.4) is 0 Å². The van der Waals surface area contributed by atoms with E-state index in [1.807, 2.05) is 28.0 Å². The number of carbonyl (C=O) groups excluding carboxylic acids is 1. The summed E-state index contributed by atoms with van der Waals surface area (Å²) in [5, 5.41) is 4.79. The summed E-state index contributed by atoms with van der Waals surface area (Å²) in [6, 6.07) is 8.98. The molecule has 0 saturated carbocycles. The Kier molecular flexibility index (Phi) is 8.09. The Labute approximate surface area is 192 Å². The van der Waals surface area contributed by atoms with E-state index in [1.54, 1.807) is 0 Å². The second-order valence-corrected chi connectivity index (χ2v) is 9.96. The van der Waals surface area contributed by atoms with E-state index in [9.17, 15) is 4.79 Å². The highest BCUT2D eigenvalue weighted by Gasteiger charge is 2.37. The number of nitrogens with one attached hydrogen (secondary N) is 1. The van der Waals surface area contributed by atoms with Gasteiger partial charge in [-0.15, -0.1) is 47.9 Å². The molecule has 3 aliphatic heterocycles. The van der Waals surface area contributed by atoms with Crippen molar-refractivity contribution in [3.63, 3.8) is 0 Å². The fourth-order valence-electron chi connectivity index (χ4n) is 4.57. The minimum atomic E-state index is 0. The van der Waals surface area contributed by atoms with E-state index in [0.717, 1.165) is 49.7 Å². The van der Waals surface area contributed by atoms with Gasteiger partial charge >= 0.3 is 0 Å². The maximum absolute atomic E-state index is 12.6. The third kappa shape index (κ3) is 4.86. The van der Waals surface area contributed by atoms with Crippen LogP contribution in [-0.4, -0.2) is 70.6 Å². The van der Waals surface area contributed by atoms with Crippen molar-refractivity contribution in [2.75, 3.05) is 37.8 Å². The van der Waals surface area contributed by atoms with Crippen molar-refractivity contribution >= 4 is 64.0 Å². The van der Waals surface area contributed by atoms with Gasteiger partial charge in [0, 0.05) is 30.8 Å². The van der Waals surface area contributed by atoms with Gasteiger partial charge in [-0.3, -0.25) is 9.69 Å². The van der Waals surface area contributed by atoms with E-state index >= 15 is 0 Å². The standard InChI is InChI=1S/C20H26N4OS2.2ClH/c25-20(24-9-10-26-13-24)17-11-15(12-21-17)23-7-5-14(6-8-23)19-22-16-3-1-2-4-18(16)27-19;;/h1-4,14-15,17,21H,5-13H2;2*1H/t15-,17-;;/m0../s1. The zero-order valence-corrected chi connectivity index (χ0v) is 19.6. The van der Waals surface area contributed by atoms with Crippen LogP contribution in [0.4, 0.5) is 0 Å². The molecule has 0 bridgehead atoms. The number of thiazole rings is 1. The lowest BCUT2D eigenvalue weighted by Crippen LogP contribution is -2.42. The minimum absolute atomic E-state index is 0. The van der Waals surface area contributed by atoms with Gasteiger partial charge in [0.1, 0.15) is 0 Å². The first-order valence-electron chi connectivity index (χ1n) is 9.97. The Hall–Kier alpha value is -0.570. The Morgan fingerprint density at radius 1 is 1.14 bits per heavy atom. The number of benzene rings is 1. The number of hydrogen-bond acceptors (Lipinski definition) is 6. The second-order valence-electron chi connectivity index (χ2n) is 7.82. The number of carbonyl (C=O) groups is 1. The van der Waals surface area contributed by atoms with Crippen molar-refractivity contribution in [3.8, 4) is 0 Å². The zero-order valence-electron chi connectivity index (χ0n) is 16.3. The first-order chi connectivity index (χ1) is 13.3. The first kappa shape index (κ1) is 23.1. The molecule has 5 rings (SSSR count). The molecule has 2 aromatic rings. The molecule has 1 N–H and O–H groups in total. The maximum atomic E-state index is 12.6. The Balaban J connectivity index is 0.00000120. The first-order valence-corrected chi connectivity index (χ1v) is 11.9. The number of hydrogen-bond donors (Lipinski definition) is 1. The number of likely N-dealkylation sites (tertiary alicyclic amines) is 1. The van der Waals surface area contributed by atoms with E-state index in [0.29, 0.717) is 17.9 Å². The molecule has 2 atom stereocenters. The van der Waals surface area contributed by atoms with Gasteiger partial charge < -0.3 is 10.2 Å². The van der Waals surface area contributed by atoms with E-state index in [1.165, 1.54) is 22.5 Å². The van der Waals surface area contributed by atoms with Gasteiger partial charge in [0.25, 0.3) is 0 Å². The SMILES string of the molecule is Cl.Cl.O=C([C@@H]1C[C@H](N2CCC(c3nc4ccccc4s3)CC2)CN1)N1CCSC1. The summed E-state index contributed by atoms with van der Waals surface area (Å²) < 4.78 is 1.30. The molecule has 3 fully saturated rings. The van der Waals surface area contributed by atoms with Crippen molar-refractivity contribution in [1.82, 2.24) is 20.1 Å². The fourth-order valence-corrected chi connectivity index (χ4v) is 6.66. The second kappa shape index (κ2) is 10.2. The van der Waals surface area contributed by atoms with Gasteiger partial charge in [0.2, 0.25) is 5.91 Å². The molecule has 3 aliphatic rings. The zero-order chi connectivity index (χ0) is 18.2.